The number of hydrogen-bond donors (Lipinski definition) is 0. The molecule has 0 aliphatic carbocycles. The second-order valence-corrected chi connectivity index (χ2v) is 18.7. The summed E-state index contributed by atoms with van der Waals surface area (Å²) in [6.07, 6.45) is 4.74. The average Bonchev–Trinajstić information content (AvgIpc) is 2.94. The summed E-state index contributed by atoms with van der Waals surface area (Å²) < 4.78 is 19.1. The van der Waals surface area contributed by atoms with Crippen molar-refractivity contribution >= 4 is 20.1 Å². The highest BCUT2D eigenvalue weighted by Gasteiger charge is 2.49. The Morgan fingerprint density at radius 2 is 1.40 bits per heavy atom. The molecule has 0 saturated carbocycles. The van der Waals surface area contributed by atoms with Crippen molar-refractivity contribution in [2.24, 2.45) is 23.7 Å². The molecule has 0 aromatic heterocycles. The maximum absolute atomic E-state index is 13.6. The third-order valence-corrected chi connectivity index (χ3v) is 15.2. The first-order chi connectivity index (χ1) is 19.6. The van der Waals surface area contributed by atoms with Crippen LogP contribution < -0.4 is 4.74 Å². The van der Waals surface area contributed by atoms with Crippen LogP contribution in [-0.4, -0.2) is 39.4 Å². The van der Waals surface area contributed by atoms with Gasteiger partial charge in [-0.05, 0) is 77.6 Å². The fourth-order valence-electron chi connectivity index (χ4n) is 6.91. The van der Waals surface area contributed by atoms with E-state index in [1.807, 2.05) is 19.9 Å². The molecule has 5 nitrogen and oxygen atoms in total. The lowest BCUT2D eigenvalue weighted by atomic mass is 9.80. The van der Waals surface area contributed by atoms with E-state index >= 15 is 0 Å². The van der Waals surface area contributed by atoms with E-state index in [0.717, 1.165) is 12.0 Å². The van der Waals surface area contributed by atoms with E-state index < -0.39 is 14.4 Å². The van der Waals surface area contributed by atoms with Crippen LogP contribution in [0.3, 0.4) is 0 Å². The molecule has 0 unspecified atom stereocenters. The number of ether oxygens (including phenoxy) is 2. The van der Waals surface area contributed by atoms with Crippen LogP contribution in [0.25, 0.3) is 0 Å². The Morgan fingerprint density at radius 1 is 0.881 bits per heavy atom. The number of Topliss-reactive ketones (excluding diaryl/α,β-unsaturated/α-hetero) is 1. The molecule has 0 bridgehead atoms. The van der Waals surface area contributed by atoms with Gasteiger partial charge >= 0.3 is 5.97 Å². The Morgan fingerprint density at radius 3 is 1.83 bits per heavy atom. The van der Waals surface area contributed by atoms with Gasteiger partial charge in [-0.15, -0.1) is 6.58 Å². The molecule has 0 N–H and O–H groups in total. The minimum atomic E-state index is -2.25. The van der Waals surface area contributed by atoms with Crippen molar-refractivity contribution in [1.29, 1.82) is 0 Å². The van der Waals surface area contributed by atoms with Gasteiger partial charge in [0, 0.05) is 12.3 Å². The Balaban J connectivity index is 3.57. The number of rotatable bonds is 18. The molecule has 0 aliphatic rings. The van der Waals surface area contributed by atoms with Crippen LogP contribution in [0, 0.1) is 23.7 Å². The summed E-state index contributed by atoms with van der Waals surface area (Å²) in [5.74, 6) is 0.647. The second-order valence-electron chi connectivity index (χ2n) is 13.3. The molecule has 1 rings (SSSR count). The molecule has 0 aliphatic heterocycles. The number of allylic oxidation sites excluding steroid dienone is 2. The first kappa shape index (κ1) is 37.8. The Kier molecular flexibility index (Phi) is 15.5. The summed E-state index contributed by atoms with van der Waals surface area (Å²) in [6.45, 7) is 30.3. The summed E-state index contributed by atoms with van der Waals surface area (Å²) in [7, 11) is -0.642. The van der Waals surface area contributed by atoms with Crippen LogP contribution in [0.2, 0.25) is 16.6 Å². The number of benzene rings is 1. The predicted molar refractivity (Wildman–Crippen MR) is 179 cm³/mol. The summed E-state index contributed by atoms with van der Waals surface area (Å²) in [4.78, 5) is 25.8. The van der Waals surface area contributed by atoms with Crippen molar-refractivity contribution in [3.63, 3.8) is 0 Å². The summed E-state index contributed by atoms with van der Waals surface area (Å²) in [5, 5.41) is 0. The summed E-state index contributed by atoms with van der Waals surface area (Å²) >= 11 is 0. The molecule has 238 valence electrons. The van der Waals surface area contributed by atoms with Crippen molar-refractivity contribution in [3.05, 3.63) is 54.1 Å². The SMILES string of the molecule is C=C[C@H](C)[C@H](O[Si](C(C)C)(C(C)C)C(C)C)[C@@H](C)[C@H](OC(=O)c1ccc(OC)cc1)[C@H](C)C[C@@H](C)/C=C(\C)C(=O)CC. The number of carbonyl (C=O) groups excluding carboxylic acids is 2. The van der Waals surface area contributed by atoms with Crippen LogP contribution in [0.15, 0.2) is 48.6 Å². The van der Waals surface area contributed by atoms with Crippen LogP contribution in [-0.2, 0) is 14.0 Å². The predicted octanol–water partition coefficient (Wildman–Crippen LogP) is 9.83. The molecular weight excluding hydrogens is 540 g/mol. The van der Waals surface area contributed by atoms with Crippen molar-refractivity contribution in [1.82, 2.24) is 0 Å². The zero-order chi connectivity index (χ0) is 32.4. The van der Waals surface area contributed by atoms with E-state index in [9.17, 15) is 9.59 Å². The lowest BCUT2D eigenvalue weighted by Crippen LogP contribution is -2.54. The van der Waals surface area contributed by atoms with Crippen LogP contribution in [0.5, 0.6) is 5.75 Å². The third kappa shape index (κ3) is 9.67. The van der Waals surface area contributed by atoms with Crippen LogP contribution in [0.1, 0.15) is 106 Å². The van der Waals surface area contributed by atoms with Crippen molar-refractivity contribution < 1.29 is 23.5 Å². The molecule has 0 amide bonds. The van der Waals surface area contributed by atoms with Gasteiger partial charge in [0.2, 0.25) is 8.32 Å². The molecule has 6 heteroatoms. The van der Waals surface area contributed by atoms with Gasteiger partial charge < -0.3 is 13.9 Å². The third-order valence-electron chi connectivity index (χ3n) is 9.14. The Labute approximate surface area is 258 Å². The zero-order valence-corrected chi connectivity index (χ0v) is 29.8. The maximum Gasteiger partial charge on any atom is 0.338 e. The van der Waals surface area contributed by atoms with Crippen molar-refractivity contribution in [2.45, 2.75) is 125 Å². The molecule has 0 heterocycles. The van der Waals surface area contributed by atoms with E-state index in [1.54, 1.807) is 31.4 Å². The minimum absolute atomic E-state index is 0.0225. The highest BCUT2D eigenvalue weighted by molar-refractivity contribution is 6.77. The number of carbonyl (C=O) groups is 2. The summed E-state index contributed by atoms with van der Waals surface area (Å²) in [5.41, 5.74) is 2.55. The molecule has 6 atom stereocenters. The number of esters is 1. The average molecular weight is 601 g/mol. The molecule has 0 radical (unpaired) electrons. The second kappa shape index (κ2) is 17.2. The smallest absolute Gasteiger partial charge is 0.338 e. The van der Waals surface area contributed by atoms with Gasteiger partial charge in [-0.2, -0.15) is 0 Å². The Hall–Kier alpha value is -2.18. The highest BCUT2D eigenvalue weighted by Crippen LogP contribution is 2.45. The minimum Gasteiger partial charge on any atom is -0.497 e. The van der Waals surface area contributed by atoms with Gasteiger partial charge in [0.25, 0.3) is 0 Å². The molecule has 1 aromatic rings. The van der Waals surface area contributed by atoms with Gasteiger partial charge in [-0.25, -0.2) is 4.79 Å². The lowest BCUT2D eigenvalue weighted by Gasteiger charge is -2.48. The highest BCUT2D eigenvalue weighted by atomic mass is 28.4. The van der Waals surface area contributed by atoms with E-state index in [0.29, 0.717) is 34.4 Å². The fourth-order valence-corrected chi connectivity index (χ4v) is 12.6. The molecule has 0 saturated heterocycles. The largest absolute Gasteiger partial charge is 0.497 e. The van der Waals surface area contributed by atoms with Crippen molar-refractivity contribution in [2.75, 3.05) is 7.11 Å². The van der Waals surface area contributed by atoms with Gasteiger partial charge in [0.1, 0.15) is 11.9 Å². The Bertz CT molecular complexity index is 1000. The van der Waals surface area contributed by atoms with E-state index in [4.69, 9.17) is 13.9 Å². The molecule has 0 fully saturated rings. The van der Waals surface area contributed by atoms with Gasteiger partial charge in [0.15, 0.2) is 5.78 Å². The quantitative estimate of drug-likeness (QED) is 0.0726. The van der Waals surface area contributed by atoms with E-state index in [1.165, 1.54) is 0 Å². The lowest BCUT2D eigenvalue weighted by molar-refractivity contribution is -0.115. The number of ketones is 1. The topological polar surface area (TPSA) is 61.8 Å². The maximum atomic E-state index is 13.6. The molecule has 0 spiro atoms. The first-order valence-electron chi connectivity index (χ1n) is 15.9. The van der Waals surface area contributed by atoms with Crippen molar-refractivity contribution in [3.8, 4) is 5.75 Å². The van der Waals surface area contributed by atoms with Gasteiger partial charge in [-0.1, -0.05) is 88.3 Å². The normalized spacial score (nSPS) is 17.0. The molecule has 1 aromatic carbocycles. The van der Waals surface area contributed by atoms with Gasteiger partial charge in [-0.3, -0.25) is 4.79 Å². The van der Waals surface area contributed by atoms with Gasteiger partial charge in [0.05, 0.1) is 18.8 Å². The molecular formula is C36H60O5Si. The fraction of sp³-hybridized carbons (Fsp3) is 0.667. The monoisotopic (exact) mass is 600 g/mol. The van der Waals surface area contributed by atoms with Crippen LogP contribution in [0.4, 0.5) is 0 Å². The first-order valence-corrected chi connectivity index (χ1v) is 18.1. The van der Waals surface area contributed by atoms with E-state index in [-0.39, 0.29) is 41.5 Å². The van der Waals surface area contributed by atoms with Crippen LogP contribution >= 0.6 is 0 Å². The number of hydrogen-bond acceptors (Lipinski definition) is 5. The summed E-state index contributed by atoms with van der Waals surface area (Å²) in [6, 6.07) is 7.04. The molecule has 42 heavy (non-hydrogen) atoms. The number of methoxy groups -OCH3 is 1. The standard InChI is InChI=1S/C36H60O5Si/c1-15-27(10)35(41-42(23(3)4,24(5)6)25(7)8)30(13)34(29(12)22-26(9)21-28(11)33(37)16-2)40-36(38)31-17-19-32(39-14)20-18-31/h15,17-21,23-27,29-30,34-35H,1,16,22H2,2-14H3/b28-21+/t26-,27-,29+,30-,34+,35-/m0/s1. The zero-order valence-electron chi connectivity index (χ0n) is 28.8. The van der Waals surface area contributed by atoms with E-state index in [2.05, 4.69) is 81.9 Å².